The van der Waals surface area contributed by atoms with Crippen LogP contribution in [0.1, 0.15) is 12.8 Å². The molecular weight excluding hydrogens is 258 g/mol. The lowest BCUT2D eigenvalue weighted by Crippen LogP contribution is -2.26. The van der Waals surface area contributed by atoms with Crippen LogP contribution in [-0.2, 0) is 14.8 Å². The number of primary amides is 1. The summed E-state index contributed by atoms with van der Waals surface area (Å²) in [6, 6.07) is 0. The van der Waals surface area contributed by atoms with Crippen molar-refractivity contribution in [2.75, 3.05) is 18.9 Å². The molecule has 0 aliphatic heterocycles. The van der Waals surface area contributed by atoms with Gasteiger partial charge in [-0.05, 0) is 6.42 Å². The Morgan fingerprint density at radius 2 is 2.00 bits per heavy atom. The van der Waals surface area contributed by atoms with Crippen LogP contribution in [0.5, 0.6) is 0 Å². The summed E-state index contributed by atoms with van der Waals surface area (Å²) >= 11 is 0. The molecule has 18 heavy (non-hydrogen) atoms. The molecule has 1 heterocycles. The van der Waals surface area contributed by atoms with E-state index in [0.717, 1.165) is 0 Å². The molecule has 1 aromatic rings. The number of nitrogens with one attached hydrogen (secondary N) is 2. The summed E-state index contributed by atoms with van der Waals surface area (Å²) in [5.74, 6) is -0.126. The quantitative estimate of drug-likeness (QED) is 0.550. The van der Waals surface area contributed by atoms with Crippen molar-refractivity contribution in [1.82, 2.24) is 14.7 Å². The van der Waals surface area contributed by atoms with Gasteiger partial charge in [0.15, 0.2) is 0 Å². The number of hydrogen-bond donors (Lipinski definition) is 3. The zero-order valence-corrected chi connectivity index (χ0v) is 10.7. The lowest BCUT2D eigenvalue weighted by Gasteiger charge is -2.05. The zero-order chi connectivity index (χ0) is 13.6. The summed E-state index contributed by atoms with van der Waals surface area (Å²) in [6.45, 7) is 0.138. The minimum atomic E-state index is -3.64. The van der Waals surface area contributed by atoms with E-state index < -0.39 is 15.9 Å². The van der Waals surface area contributed by atoms with E-state index in [0.29, 0.717) is 12.4 Å². The van der Waals surface area contributed by atoms with Gasteiger partial charge in [-0.1, -0.05) is 0 Å². The van der Waals surface area contributed by atoms with Crippen molar-refractivity contribution < 1.29 is 13.2 Å². The van der Waals surface area contributed by atoms with E-state index in [1.807, 2.05) is 0 Å². The molecule has 0 aliphatic rings. The van der Waals surface area contributed by atoms with Gasteiger partial charge in [-0.25, -0.2) is 23.1 Å². The lowest BCUT2D eigenvalue weighted by atomic mass is 10.3. The first-order chi connectivity index (χ1) is 8.45. The summed E-state index contributed by atoms with van der Waals surface area (Å²) in [5.41, 5.74) is 4.94. The molecule has 1 aromatic heterocycles. The first kappa shape index (κ1) is 14.3. The standard InChI is InChI=1S/C9H15N5O3S/c1-11-9-12-5-7(6-13-9)18(16,17)14-4-2-3-8(10)15/h5-6,14H,2-4H2,1H3,(H2,10,15)(H,11,12,13). The third-order valence-corrected chi connectivity index (χ3v) is 3.47. The average Bonchev–Trinajstić information content (AvgIpc) is 2.34. The van der Waals surface area contributed by atoms with Gasteiger partial charge in [0.2, 0.25) is 21.9 Å². The highest BCUT2D eigenvalue weighted by molar-refractivity contribution is 7.89. The van der Waals surface area contributed by atoms with Crippen LogP contribution in [0.2, 0.25) is 0 Å². The van der Waals surface area contributed by atoms with Crippen LogP contribution in [0, 0.1) is 0 Å². The number of sulfonamides is 1. The molecule has 0 bridgehead atoms. The van der Waals surface area contributed by atoms with Crippen molar-refractivity contribution in [3.8, 4) is 0 Å². The number of aromatic nitrogens is 2. The first-order valence-electron chi connectivity index (χ1n) is 5.23. The highest BCUT2D eigenvalue weighted by Gasteiger charge is 2.14. The number of nitrogens with two attached hydrogens (primary N) is 1. The van der Waals surface area contributed by atoms with E-state index >= 15 is 0 Å². The largest absolute Gasteiger partial charge is 0.370 e. The Hall–Kier alpha value is -1.74. The topological polar surface area (TPSA) is 127 Å². The first-order valence-corrected chi connectivity index (χ1v) is 6.72. The highest BCUT2D eigenvalue weighted by atomic mass is 32.2. The SMILES string of the molecule is CNc1ncc(S(=O)(=O)NCCCC(N)=O)cn1. The lowest BCUT2D eigenvalue weighted by molar-refractivity contribution is -0.118. The second-order valence-electron chi connectivity index (χ2n) is 3.46. The Morgan fingerprint density at radius 1 is 1.39 bits per heavy atom. The van der Waals surface area contributed by atoms with Gasteiger partial charge in [0.25, 0.3) is 0 Å². The Bertz CT molecular complexity index is 499. The molecule has 0 spiro atoms. The maximum absolute atomic E-state index is 11.7. The Labute approximate surface area is 105 Å². The maximum atomic E-state index is 11.7. The fourth-order valence-electron chi connectivity index (χ4n) is 1.14. The molecule has 0 unspecified atom stereocenters. The monoisotopic (exact) mass is 273 g/mol. The number of amides is 1. The molecule has 0 radical (unpaired) electrons. The van der Waals surface area contributed by atoms with E-state index in [9.17, 15) is 13.2 Å². The molecule has 1 rings (SSSR count). The third kappa shape index (κ3) is 4.26. The van der Waals surface area contributed by atoms with Crippen LogP contribution in [-0.4, -0.2) is 37.9 Å². The van der Waals surface area contributed by atoms with Crippen molar-refractivity contribution in [2.45, 2.75) is 17.7 Å². The van der Waals surface area contributed by atoms with Crippen LogP contribution in [0.15, 0.2) is 17.3 Å². The molecule has 9 heteroatoms. The molecular formula is C9H15N5O3S. The van der Waals surface area contributed by atoms with Crippen molar-refractivity contribution in [3.63, 3.8) is 0 Å². The predicted octanol–water partition coefficient (Wildman–Crippen LogP) is -0.938. The second-order valence-corrected chi connectivity index (χ2v) is 5.23. The molecule has 8 nitrogen and oxygen atoms in total. The summed E-state index contributed by atoms with van der Waals surface area (Å²) in [4.78, 5) is 18.1. The smallest absolute Gasteiger partial charge is 0.243 e. The van der Waals surface area contributed by atoms with Gasteiger partial charge in [-0.3, -0.25) is 4.79 Å². The van der Waals surface area contributed by atoms with Gasteiger partial charge >= 0.3 is 0 Å². The molecule has 0 aliphatic carbocycles. The third-order valence-electron chi connectivity index (χ3n) is 2.05. The summed E-state index contributed by atoms with van der Waals surface area (Å²) in [6.07, 6.45) is 2.90. The van der Waals surface area contributed by atoms with E-state index in [4.69, 9.17) is 5.73 Å². The van der Waals surface area contributed by atoms with E-state index in [2.05, 4.69) is 20.0 Å². The predicted molar refractivity (Wildman–Crippen MR) is 65.2 cm³/mol. The number of carbonyl (C=O) groups excluding carboxylic acids is 1. The van der Waals surface area contributed by atoms with Crippen LogP contribution in [0.25, 0.3) is 0 Å². The Morgan fingerprint density at radius 3 is 2.50 bits per heavy atom. The summed E-state index contributed by atoms with van der Waals surface area (Å²) in [5, 5.41) is 2.68. The summed E-state index contributed by atoms with van der Waals surface area (Å²) in [7, 11) is -2.01. The van der Waals surface area contributed by atoms with Crippen LogP contribution in [0.3, 0.4) is 0 Å². The molecule has 0 saturated carbocycles. The molecule has 1 amide bonds. The highest BCUT2D eigenvalue weighted by Crippen LogP contribution is 2.06. The Kier molecular flexibility index (Phi) is 4.98. The minimum Gasteiger partial charge on any atom is -0.370 e. The maximum Gasteiger partial charge on any atom is 0.243 e. The van der Waals surface area contributed by atoms with Crippen LogP contribution >= 0.6 is 0 Å². The van der Waals surface area contributed by atoms with Gasteiger partial charge in [-0.15, -0.1) is 0 Å². The van der Waals surface area contributed by atoms with Gasteiger partial charge in [0.1, 0.15) is 4.90 Å². The van der Waals surface area contributed by atoms with E-state index in [-0.39, 0.29) is 17.9 Å². The van der Waals surface area contributed by atoms with Crippen molar-refractivity contribution in [3.05, 3.63) is 12.4 Å². The molecule has 0 aromatic carbocycles. The van der Waals surface area contributed by atoms with E-state index in [1.54, 1.807) is 7.05 Å². The number of nitrogens with zero attached hydrogens (tertiary/aromatic N) is 2. The van der Waals surface area contributed by atoms with Crippen molar-refractivity contribution >= 4 is 21.9 Å². The molecule has 4 N–H and O–H groups in total. The molecule has 0 fully saturated rings. The summed E-state index contributed by atoms with van der Waals surface area (Å²) < 4.78 is 25.8. The van der Waals surface area contributed by atoms with Gasteiger partial charge < -0.3 is 11.1 Å². The van der Waals surface area contributed by atoms with Gasteiger partial charge in [0.05, 0.1) is 12.4 Å². The van der Waals surface area contributed by atoms with Crippen molar-refractivity contribution in [2.24, 2.45) is 5.73 Å². The zero-order valence-electron chi connectivity index (χ0n) is 9.88. The van der Waals surface area contributed by atoms with E-state index in [1.165, 1.54) is 12.4 Å². The van der Waals surface area contributed by atoms with Crippen molar-refractivity contribution in [1.29, 1.82) is 0 Å². The van der Waals surface area contributed by atoms with Gasteiger partial charge in [-0.2, -0.15) is 0 Å². The second kappa shape index (κ2) is 6.26. The van der Waals surface area contributed by atoms with Crippen LogP contribution < -0.4 is 15.8 Å². The minimum absolute atomic E-state index is 0.0272. The van der Waals surface area contributed by atoms with Crippen LogP contribution in [0.4, 0.5) is 5.95 Å². The normalized spacial score (nSPS) is 11.2. The number of anilines is 1. The molecule has 0 atom stereocenters. The fourth-order valence-corrected chi connectivity index (χ4v) is 2.10. The van der Waals surface area contributed by atoms with Gasteiger partial charge in [0, 0.05) is 20.0 Å². The average molecular weight is 273 g/mol. The molecule has 100 valence electrons. The molecule has 0 saturated heterocycles. The number of rotatable bonds is 7. The number of carbonyl (C=O) groups is 1. The Balaban J connectivity index is 2.59. The fraction of sp³-hybridized carbons (Fsp3) is 0.444. The number of hydrogen-bond acceptors (Lipinski definition) is 6.